The molecule has 1 spiro atoms. The number of benzene rings is 1. The summed E-state index contributed by atoms with van der Waals surface area (Å²) in [6.07, 6.45) is 5.26. The summed E-state index contributed by atoms with van der Waals surface area (Å²) in [6, 6.07) is 4.56. The SMILES string of the molecule is Cc1sc2c(c1C)C(c1ccc(C#CC3CC4(C3)CN(C(=O)OC(C)(C)C)C4)cc1F)NC(Cc1ncco1)c1nnc(C)n1-2. The van der Waals surface area contributed by atoms with Crippen molar-refractivity contribution in [2.24, 2.45) is 11.3 Å². The van der Waals surface area contributed by atoms with Gasteiger partial charge in [0, 0.05) is 52.4 Å². The summed E-state index contributed by atoms with van der Waals surface area (Å²) in [5, 5.41) is 13.6. The first-order valence-corrected chi connectivity index (χ1v) is 16.2. The lowest BCUT2D eigenvalue weighted by molar-refractivity contribution is -0.0832. The van der Waals surface area contributed by atoms with Crippen molar-refractivity contribution < 1.29 is 18.3 Å². The predicted octanol–water partition coefficient (Wildman–Crippen LogP) is 6.36. The van der Waals surface area contributed by atoms with Crippen LogP contribution in [0.5, 0.6) is 0 Å². The molecular weight excluding hydrogens is 591 g/mol. The van der Waals surface area contributed by atoms with E-state index in [1.807, 2.05) is 39.8 Å². The molecule has 1 saturated carbocycles. The fourth-order valence-corrected chi connectivity index (χ4v) is 8.11. The maximum Gasteiger partial charge on any atom is 0.410 e. The molecule has 234 valence electrons. The number of carbonyl (C=O) groups is 1. The van der Waals surface area contributed by atoms with Crippen LogP contribution in [-0.4, -0.2) is 49.4 Å². The Kier molecular flexibility index (Phi) is 7.13. The van der Waals surface area contributed by atoms with Crippen LogP contribution in [0.25, 0.3) is 5.00 Å². The van der Waals surface area contributed by atoms with Crippen LogP contribution < -0.4 is 5.32 Å². The van der Waals surface area contributed by atoms with Crippen molar-refractivity contribution in [1.29, 1.82) is 0 Å². The molecule has 45 heavy (non-hydrogen) atoms. The minimum absolute atomic E-state index is 0.147. The molecule has 1 aromatic carbocycles. The van der Waals surface area contributed by atoms with Crippen LogP contribution in [0.3, 0.4) is 0 Å². The zero-order chi connectivity index (χ0) is 31.7. The van der Waals surface area contributed by atoms with Crippen molar-refractivity contribution >= 4 is 17.4 Å². The summed E-state index contributed by atoms with van der Waals surface area (Å²) in [6.45, 7) is 13.2. The number of aryl methyl sites for hydroxylation is 2. The van der Waals surface area contributed by atoms with E-state index in [0.717, 1.165) is 40.6 Å². The Balaban J connectivity index is 1.11. The number of carbonyl (C=O) groups excluding carboxylic acids is 1. The van der Waals surface area contributed by atoms with Gasteiger partial charge in [-0.3, -0.25) is 9.88 Å². The van der Waals surface area contributed by atoms with Gasteiger partial charge in [-0.05, 0) is 72.1 Å². The third-order valence-corrected chi connectivity index (χ3v) is 10.3. The zero-order valence-electron chi connectivity index (χ0n) is 26.4. The van der Waals surface area contributed by atoms with Gasteiger partial charge < -0.3 is 14.1 Å². The molecule has 11 heteroatoms. The van der Waals surface area contributed by atoms with E-state index < -0.39 is 11.6 Å². The molecule has 2 unspecified atom stereocenters. The first-order chi connectivity index (χ1) is 21.4. The number of hydrogen-bond acceptors (Lipinski definition) is 8. The highest BCUT2D eigenvalue weighted by Crippen LogP contribution is 2.52. The highest BCUT2D eigenvalue weighted by molar-refractivity contribution is 7.14. The number of likely N-dealkylation sites (tertiary alicyclic amines) is 1. The van der Waals surface area contributed by atoms with Gasteiger partial charge in [0.05, 0.1) is 18.3 Å². The fourth-order valence-electron chi connectivity index (χ4n) is 6.86. The average molecular weight is 629 g/mol. The van der Waals surface area contributed by atoms with E-state index in [-0.39, 0.29) is 29.3 Å². The molecule has 3 aromatic heterocycles. The van der Waals surface area contributed by atoms with Gasteiger partial charge in [-0.2, -0.15) is 0 Å². The minimum Gasteiger partial charge on any atom is -0.449 e. The Labute approximate surface area is 266 Å². The number of hydrogen-bond donors (Lipinski definition) is 1. The summed E-state index contributed by atoms with van der Waals surface area (Å²) in [7, 11) is 0. The quantitative estimate of drug-likeness (QED) is 0.264. The van der Waals surface area contributed by atoms with Crippen molar-refractivity contribution in [2.45, 2.75) is 78.5 Å². The lowest BCUT2D eigenvalue weighted by Crippen LogP contribution is -2.64. The summed E-state index contributed by atoms with van der Waals surface area (Å²) < 4.78 is 29.2. The normalized spacial score (nSPS) is 20.4. The number of nitrogens with one attached hydrogen (secondary N) is 1. The average Bonchev–Trinajstić information content (AvgIpc) is 3.62. The first-order valence-electron chi connectivity index (χ1n) is 15.4. The molecule has 1 amide bonds. The molecule has 2 fully saturated rings. The van der Waals surface area contributed by atoms with Crippen LogP contribution in [0.4, 0.5) is 9.18 Å². The van der Waals surface area contributed by atoms with Gasteiger partial charge in [-0.1, -0.05) is 17.9 Å². The highest BCUT2D eigenvalue weighted by atomic mass is 32.1. The second kappa shape index (κ2) is 10.8. The lowest BCUT2D eigenvalue weighted by atomic mass is 9.58. The number of halogens is 1. The number of ether oxygens (including phenoxy) is 1. The third kappa shape index (κ3) is 5.44. The summed E-state index contributed by atoms with van der Waals surface area (Å²) in [4.78, 5) is 19.6. The van der Waals surface area contributed by atoms with Crippen LogP contribution in [0.1, 0.15) is 90.4 Å². The molecule has 5 heterocycles. The number of oxazole rings is 1. The molecule has 7 rings (SSSR count). The number of fused-ring (bicyclic) bond motifs is 3. The molecule has 4 aromatic rings. The third-order valence-electron chi connectivity index (χ3n) is 9.09. The number of nitrogens with zero attached hydrogens (tertiary/aromatic N) is 5. The standard InChI is InChI=1S/C34H37FN6O3S/c1-19-20(2)45-31-28(19)29(37-26(14-27-36-11-12-43-27)30-39-38-21(3)41(30)31)24-10-9-22(13-25(24)35)7-8-23-15-34(16-23)17-40(18-34)32(42)44-33(4,5)6/h9-13,23,26,29,37H,14-18H2,1-6H3. The molecule has 2 atom stereocenters. The molecule has 0 bridgehead atoms. The van der Waals surface area contributed by atoms with Crippen LogP contribution in [0.2, 0.25) is 0 Å². The maximum absolute atomic E-state index is 16.1. The highest BCUT2D eigenvalue weighted by Gasteiger charge is 2.54. The van der Waals surface area contributed by atoms with Crippen molar-refractivity contribution in [3.05, 3.63) is 81.1 Å². The molecule has 3 aliphatic rings. The van der Waals surface area contributed by atoms with E-state index in [1.54, 1.807) is 34.8 Å². The maximum atomic E-state index is 16.1. The number of amides is 1. The number of thiophene rings is 1. The van der Waals surface area contributed by atoms with E-state index in [0.29, 0.717) is 36.5 Å². The minimum atomic E-state index is -0.493. The van der Waals surface area contributed by atoms with E-state index in [2.05, 4.69) is 50.8 Å². The van der Waals surface area contributed by atoms with Crippen molar-refractivity contribution in [3.63, 3.8) is 0 Å². The Morgan fingerprint density at radius 3 is 2.69 bits per heavy atom. The van der Waals surface area contributed by atoms with E-state index in [4.69, 9.17) is 9.15 Å². The van der Waals surface area contributed by atoms with E-state index >= 15 is 4.39 Å². The van der Waals surface area contributed by atoms with Gasteiger partial charge in [0.2, 0.25) is 0 Å². The van der Waals surface area contributed by atoms with E-state index in [9.17, 15) is 4.79 Å². The first kappa shape index (κ1) is 29.7. The van der Waals surface area contributed by atoms with Crippen molar-refractivity contribution in [1.82, 2.24) is 30.0 Å². The molecular formula is C34H37FN6O3S. The molecule has 0 radical (unpaired) electrons. The largest absolute Gasteiger partial charge is 0.449 e. The number of rotatable bonds is 3. The molecule has 1 saturated heterocycles. The molecule has 2 aliphatic heterocycles. The van der Waals surface area contributed by atoms with Crippen LogP contribution >= 0.6 is 11.3 Å². The number of aromatic nitrogens is 4. The Morgan fingerprint density at radius 2 is 2.00 bits per heavy atom. The Bertz CT molecular complexity index is 1830. The second-order valence-electron chi connectivity index (χ2n) is 13.7. The van der Waals surface area contributed by atoms with Gasteiger partial charge in [-0.25, -0.2) is 14.2 Å². The topological polar surface area (TPSA) is 98.3 Å². The molecule has 1 aliphatic carbocycles. The summed E-state index contributed by atoms with van der Waals surface area (Å²) in [5.74, 6) is 8.59. The molecule has 1 N–H and O–H groups in total. The van der Waals surface area contributed by atoms with Crippen LogP contribution in [-0.2, 0) is 11.2 Å². The summed E-state index contributed by atoms with van der Waals surface area (Å²) >= 11 is 1.67. The Hall–Kier alpha value is -4.01. The Morgan fingerprint density at radius 1 is 1.22 bits per heavy atom. The van der Waals surface area contributed by atoms with Gasteiger partial charge in [0.15, 0.2) is 11.7 Å². The van der Waals surface area contributed by atoms with Gasteiger partial charge in [0.1, 0.15) is 28.5 Å². The second-order valence-corrected chi connectivity index (χ2v) is 14.9. The van der Waals surface area contributed by atoms with Crippen molar-refractivity contribution in [2.75, 3.05) is 13.1 Å². The van der Waals surface area contributed by atoms with E-state index in [1.165, 1.54) is 4.88 Å². The lowest BCUT2D eigenvalue weighted by Gasteiger charge is -2.57. The van der Waals surface area contributed by atoms with Crippen molar-refractivity contribution in [3.8, 4) is 16.8 Å². The predicted molar refractivity (Wildman–Crippen MR) is 168 cm³/mol. The van der Waals surface area contributed by atoms with Gasteiger partial charge >= 0.3 is 6.09 Å². The summed E-state index contributed by atoms with van der Waals surface area (Å²) in [5.41, 5.74) is 3.00. The van der Waals surface area contributed by atoms with Gasteiger partial charge in [0.25, 0.3) is 0 Å². The molecule has 9 nitrogen and oxygen atoms in total. The van der Waals surface area contributed by atoms with Gasteiger partial charge in [-0.15, -0.1) is 21.5 Å². The zero-order valence-corrected chi connectivity index (χ0v) is 27.2. The van der Waals surface area contributed by atoms with Crippen LogP contribution in [0, 0.1) is 49.8 Å². The van der Waals surface area contributed by atoms with Crippen LogP contribution in [0.15, 0.2) is 35.1 Å². The smallest absolute Gasteiger partial charge is 0.410 e. The fraction of sp³-hybridized carbons (Fsp3) is 0.471. The monoisotopic (exact) mass is 628 g/mol.